The number of aryl methyl sites for hydroxylation is 2. The molecule has 1 amide bonds. The molecule has 0 spiro atoms. The Morgan fingerprint density at radius 2 is 1.97 bits per heavy atom. The van der Waals surface area contributed by atoms with Crippen molar-refractivity contribution in [3.63, 3.8) is 0 Å². The fourth-order valence-corrected chi connectivity index (χ4v) is 5.50. The number of aromatic nitrogens is 2. The molecule has 0 aliphatic carbocycles. The quantitative estimate of drug-likeness (QED) is 0.348. The first-order valence-corrected chi connectivity index (χ1v) is 12.6. The molecule has 0 saturated carbocycles. The van der Waals surface area contributed by atoms with Gasteiger partial charge in [0, 0.05) is 29.3 Å². The fourth-order valence-electron chi connectivity index (χ4n) is 4.44. The molecular formula is C27H28N4O3S. The first kappa shape index (κ1) is 23.3. The standard InChI is InChI=1S/C27H28N4O3S/c1-16-9-11-18(12-10-16)23-17(2)35-27-24(23)26(33)30-22(31-27)15-28-21-8-4-3-7-20(21)25(32)29-14-19-6-5-13-34-19/h3-4,7-12,19,28H,5-6,13-15H2,1-2H3,(H,29,32)(H,30,31,33). The van der Waals surface area contributed by atoms with Crippen LogP contribution >= 0.6 is 11.3 Å². The molecule has 5 rings (SSSR count). The largest absolute Gasteiger partial charge is 0.377 e. The molecule has 2 aromatic heterocycles. The van der Waals surface area contributed by atoms with Crippen LogP contribution in [0, 0.1) is 13.8 Å². The highest BCUT2D eigenvalue weighted by Crippen LogP contribution is 2.35. The third-order valence-electron chi connectivity index (χ3n) is 6.26. The van der Waals surface area contributed by atoms with Crippen LogP contribution in [0.5, 0.6) is 0 Å². The van der Waals surface area contributed by atoms with E-state index >= 15 is 0 Å². The van der Waals surface area contributed by atoms with Crippen molar-refractivity contribution in [1.82, 2.24) is 15.3 Å². The van der Waals surface area contributed by atoms with Crippen molar-refractivity contribution in [2.24, 2.45) is 0 Å². The van der Waals surface area contributed by atoms with Gasteiger partial charge >= 0.3 is 0 Å². The van der Waals surface area contributed by atoms with E-state index in [9.17, 15) is 9.59 Å². The highest BCUT2D eigenvalue weighted by molar-refractivity contribution is 7.19. The Kier molecular flexibility index (Phi) is 6.66. The second kappa shape index (κ2) is 10.0. The van der Waals surface area contributed by atoms with Crippen LogP contribution in [-0.4, -0.2) is 35.1 Å². The number of carbonyl (C=O) groups excluding carboxylic acids is 1. The molecule has 2 aromatic carbocycles. The third-order valence-corrected chi connectivity index (χ3v) is 7.26. The summed E-state index contributed by atoms with van der Waals surface area (Å²) in [7, 11) is 0. The summed E-state index contributed by atoms with van der Waals surface area (Å²) in [5, 5.41) is 6.85. The smallest absolute Gasteiger partial charge is 0.260 e. The van der Waals surface area contributed by atoms with E-state index in [1.807, 2.05) is 56.3 Å². The highest BCUT2D eigenvalue weighted by atomic mass is 32.1. The molecule has 1 unspecified atom stereocenters. The Hall–Kier alpha value is -3.49. The number of ether oxygens (including phenoxy) is 1. The average molecular weight is 489 g/mol. The number of H-pyrrole nitrogens is 1. The number of hydrogen-bond acceptors (Lipinski definition) is 6. The number of hydrogen-bond donors (Lipinski definition) is 3. The number of carbonyl (C=O) groups is 1. The van der Waals surface area contributed by atoms with Crippen molar-refractivity contribution >= 4 is 33.1 Å². The van der Waals surface area contributed by atoms with Crippen LogP contribution in [0.1, 0.15) is 39.5 Å². The fraction of sp³-hybridized carbons (Fsp3) is 0.296. The number of para-hydroxylation sites is 1. The van der Waals surface area contributed by atoms with Gasteiger partial charge in [-0.3, -0.25) is 9.59 Å². The summed E-state index contributed by atoms with van der Waals surface area (Å²) >= 11 is 1.52. The number of amides is 1. The van der Waals surface area contributed by atoms with Gasteiger partial charge in [-0.2, -0.15) is 0 Å². The van der Waals surface area contributed by atoms with Crippen LogP contribution in [0.15, 0.2) is 53.3 Å². The van der Waals surface area contributed by atoms with Gasteiger partial charge in [-0.05, 0) is 44.4 Å². The number of nitrogens with one attached hydrogen (secondary N) is 3. The number of fused-ring (bicyclic) bond motifs is 1. The number of nitrogens with zero attached hydrogens (tertiary/aromatic N) is 1. The zero-order valence-corrected chi connectivity index (χ0v) is 20.6. The van der Waals surface area contributed by atoms with E-state index in [1.165, 1.54) is 16.9 Å². The van der Waals surface area contributed by atoms with E-state index in [0.29, 0.717) is 33.8 Å². The number of benzene rings is 2. The Labute approximate surface area is 207 Å². The molecule has 8 heteroatoms. The Morgan fingerprint density at radius 3 is 2.74 bits per heavy atom. The lowest BCUT2D eigenvalue weighted by Crippen LogP contribution is -2.32. The number of anilines is 1. The minimum absolute atomic E-state index is 0.0825. The molecular weight excluding hydrogens is 460 g/mol. The van der Waals surface area contributed by atoms with Crippen molar-refractivity contribution in [1.29, 1.82) is 0 Å². The summed E-state index contributed by atoms with van der Waals surface area (Å²) in [6, 6.07) is 15.5. The van der Waals surface area contributed by atoms with E-state index in [1.54, 1.807) is 6.07 Å². The van der Waals surface area contributed by atoms with E-state index < -0.39 is 0 Å². The lowest BCUT2D eigenvalue weighted by Gasteiger charge is -2.14. The number of aromatic amines is 1. The molecule has 3 heterocycles. The molecule has 7 nitrogen and oxygen atoms in total. The summed E-state index contributed by atoms with van der Waals surface area (Å²) < 4.78 is 5.59. The summed E-state index contributed by atoms with van der Waals surface area (Å²) in [5.74, 6) is 0.367. The van der Waals surface area contributed by atoms with Gasteiger partial charge in [-0.15, -0.1) is 11.3 Å². The Bertz CT molecular complexity index is 1420. The zero-order valence-electron chi connectivity index (χ0n) is 19.8. The van der Waals surface area contributed by atoms with Gasteiger partial charge in [0.15, 0.2) is 0 Å². The van der Waals surface area contributed by atoms with Gasteiger partial charge < -0.3 is 20.4 Å². The third kappa shape index (κ3) is 4.99. The van der Waals surface area contributed by atoms with Crippen LogP contribution in [0.2, 0.25) is 0 Å². The van der Waals surface area contributed by atoms with Crippen molar-refractivity contribution in [3.8, 4) is 11.1 Å². The lowest BCUT2D eigenvalue weighted by atomic mass is 10.0. The first-order chi connectivity index (χ1) is 17.0. The normalized spacial score (nSPS) is 15.4. The molecule has 35 heavy (non-hydrogen) atoms. The molecule has 0 radical (unpaired) electrons. The van der Waals surface area contributed by atoms with Crippen LogP contribution < -0.4 is 16.2 Å². The molecule has 1 atom stereocenters. The molecule has 3 N–H and O–H groups in total. The number of rotatable bonds is 7. The van der Waals surface area contributed by atoms with E-state index in [-0.39, 0.29) is 24.1 Å². The van der Waals surface area contributed by atoms with Crippen LogP contribution in [0.4, 0.5) is 5.69 Å². The van der Waals surface area contributed by atoms with Crippen molar-refractivity contribution < 1.29 is 9.53 Å². The summed E-state index contributed by atoms with van der Waals surface area (Å²) in [4.78, 5) is 35.3. The van der Waals surface area contributed by atoms with Crippen LogP contribution in [-0.2, 0) is 11.3 Å². The Morgan fingerprint density at radius 1 is 1.17 bits per heavy atom. The van der Waals surface area contributed by atoms with Crippen molar-refractivity contribution in [3.05, 3.63) is 80.7 Å². The summed E-state index contributed by atoms with van der Waals surface area (Å²) in [6.07, 6.45) is 2.08. The predicted molar refractivity (Wildman–Crippen MR) is 140 cm³/mol. The highest BCUT2D eigenvalue weighted by Gasteiger charge is 2.19. The molecule has 4 aromatic rings. The molecule has 1 aliphatic heterocycles. The second-order valence-corrected chi connectivity index (χ2v) is 10.0. The molecule has 0 bridgehead atoms. The minimum Gasteiger partial charge on any atom is -0.377 e. The van der Waals surface area contributed by atoms with Gasteiger partial charge in [0.25, 0.3) is 11.5 Å². The predicted octanol–water partition coefficient (Wildman–Crippen LogP) is 4.79. The first-order valence-electron chi connectivity index (χ1n) is 11.8. The molecule has 1 fully saturated rings. The monoisotopic (exact) mass is 488 g/mol. The maximum absolute atomic E-state index is 13.1. The Balaban J connectivity index is 1.35. The minimum atomic E-state index is -0.158. The maximum Gasteiger partial charge on any atom is 0.260 e. The summed E-state index contributed by atoms with van der Waals surface area (Å²) in [6.45, 7) is 5.61. The van der Waals surface area contributed by atoms with Gasteiger partial charge in [0.2, 0.25) is 0 Å². The molecule has 1 aliphatic rings. The van der Waals surface area contributed by atoms with E-state index in [0.717, 1.165) is 35.5 Å². The number of thiophene rings is 1. The molecule has 1 saturated heterocycles. The van der Waals surface area contributed by atoms with E-state index in [2.05, 4.69) is 15.6 Å². The second-order valence-electron chi connectivity index (χ2n) is 8.84. The zero-order chi connectivity index (χ0) is 24.4. The topological polar surface area (TPSA) is 96.1 Å². The van der Waals surface area contributed by atoms with E-state index in [4.69, 9.17) is 9.72 Å². The lowest BCUT2D eigenvalue weighted by molar-refractivity contribution is 0.0858. The van der Waals surface area contributed by atoms with Gasteiger partial charge in [-0.25, -0.2) is 4.98 Å². The van der Waals surface area contributed by atoms with Gasteiger partial charge in [0.05, 0.1) is 23.6 Å². The van der Waals surface area contributed by atoms with Gasteiger partial charge in [-0.1, -0.05) is 42.0 Å². The molecule has 180 valence electrons. The van der Waals surface area contributed by atoms with Crippen molar-refractivity contribution in [2.45, 2.75) is 39.3 Å². The maximum atomic E-state index is 13.1. The van der Waals surface area contributed by atoms with Crippen LogP contribution in [0.25, 0.3) is 21.3 Å². The SMILES string of the molecule is Cc1ccc(-c2c(C)sc3nc(CNc4ccccc4C(=O)NCC4CCCO4)[nH]c(=O)c23)cc1. The van der Waals surface area contributed by atoms with Crippen LogP contribution in [0.3, 0.4) is 0 Å². The average Bonchev–Trinajstić information content (AvgIpc) is 3.49. The van der Waals surface area contributed by atoms with Gasteiger partial charge in [0.1, 0.15) is 10.7 Å². The summed E-state index contributed by atoms with van der Waals surface area (Å²) in [5.41, 5.74) is 4.19. The van der Waals surface area contributed by atoms with Crippen molar-refractivity contribution in [2.75, 3.05) is 18.5 Å².